The molecule has 3 rings (SSSR count). The van der Waals surface area contributed by atoms with Gasteiger partial charge in [0.25, 0.3) is 5.56 Å². The van der Waals surface area contributed by atoms with Gasteiger partial charge in [-0.1, -0.05) is 0 Å². The molecule has 1 atom stereocenters. The molecule has 1 amide bonds. The molecule has 2 aromatic heterocycles. The van der Waals surface area contributed by atoms with Crippen LogP contribution in [0.1, 0.15) is 29.2 Å². The molecule has 2 N–H and O–H groups in total. The molecule has 0 aliphatic carbocycles. The average Bonchev–Trinajstić information content (AvgIpc) is 3.09. The number of thiazole rings is 1. The van der Waals surface area contributed by atoms with Gasteiger partial charge in [0.05, 0.1) is 18.0 Å². The van der Waals surface area contributed by atoms with Gasteiger partial charge >= 0.3 is 0 Å². The number of nitrogens with zero attached hydrogens (tertiary/aromatic N) is 2. The lowest BCUT2D eigenvalue weighted by molar-refractivity contribution is -0.121. The minimum Gasteiger partial charge on any atom is -0.347 e. The van der Waals surface area contributed by atoms with Crippen molar-refractivity contribution >= 4 is 28.1 Å². The summed E-state index contributed by atoms with van der Waals surface area (Å²) in [6.07, 6.45) is -0.304. The number of pyridine rings is 1. The van der Waals surface area contributed by atoms with Crippen LogP contribution >= 0.6 is 11.3 Å². The number of amides is 1. The highest BCUT2D eigenvalue weighted by molar-refractivity contribution is 7.09. The number of benzene rings is 1. The van der Waals surface area contributed by atoms with E-state index in [1.807, 2.05) is 6.07 Å². The molecular formula is C17H12F2N4O2S. The van der Waals surface area contributed by atoms with E-state index in [0.717, 1.165) is 6.07 Å². The third-order valence-corrected chi connectivity index (χ3v) is 4.75. The lowest BCUT2D eigenvalue weighted by Crippen LogP contribution is -2.30. The predicted molar refractivity (Wildman–Crippen MR) is 91.6 cm³/mol. The van der Waals surface area contributed by atoms with E-state index in [-0.39, 0.29) is 28.6 Å². The summed E-state index contributed by atoms with van der Waals surface area (Å²) in [6.45, 7) is 1.69. The number of hydrogen-bond acceptors (Lipinski definition) is 5. The molecule has 0 bridgehead atoms. The number of carbonyl (C=O) groups is 1. The van der Waals surface area contributed by atoms with Crippen molar-refractivity contribution in [3.8, 4) is 6.07 Å². The van der Waals surface area contributed by atoms with Crippen LogP contribution in [0.5, 0.6) is 0 Å². The van der Waals surface area contributed by atoms with Crippen molar-refractivity contribution in [3.05, 3.63) is 61.8 Å². The SMILES string of the molecule is C[C@@H](NC(=O)Cc1cc2c(F)c(F)ccc2[nH]c1=O)c1nc(C#N)cs1. The van der Waals surface area contributed by atoms with Crippen molar-refractivity contribution in [2.45, 2.75) is 19.4 Å². The lowest BCUT2D eigenvalue weighted by atomic mass is 10.1. The lowest BCUT2D eigenvalue weighted by Gasteiger charge is -2.11. The molecule has 6 nitrogen and oxygen atoms in total. The van der Waals surface area contributed by atoms with Crippen molar-refractivity contribution in [2.75, 3.05) is 0 Å². The predicted octanol–water partition coefficient (Wildman–Crippen LogP) is 2.55. The van der Waals surface area contributed by atoms with Crippen LogP contribution in [0.2, 0.25) is 0 Å². The number of rotatable bonds is 4. The summed E-state index contributed by atoms with van der Waals surface area (Å²) in [5.74, 6) is -2.60. The van der Waals surface area contributed by atoms with Crippen molar-refractivity contribution in [1.29, 1.82) is 5.26 Å². The maximum atomic E-state index is 13.9. The highest BCUT2D eigenvalue weighted by Crippen LogP contribution is 2.19. The summed E-state index contributed by atoms with van der Waals surface area (Å²) in [7, 11) is 0. The van der Waals surface area contributed by atoms with Crippen LogP contribution in [0, 0.1) is 23.0 Å². The summed E-state index contributed by atoms with van der Waals surface area (Å²) < 4.78 is 27.2. The zero-order valence-electron chi connectivity index (χ0n) is 13.5. The van der Waals surface area contributed by atoms with Crippen LogP contribution in [-0.4, -0.2) is 15.9 Å². The number of aromatic nitrogens is 2. The summed E-state index contributed by atoms with van der Waals surface area (Å²) in [5, 5.41) is 13.5. The van der Waals surface area contributed by atoms with E-state index in [1.165, 1.54) is 23.5 Å². The molecule has 1 aromatic carbocycles. The Kier molecular flexibility index (Phi) is 4.77. The topological polar surface area (TPSA) is 98.6 Å². The molecule has 2 heterocycles. The Bertz CT molecular complexity index is 1100. The molecule has 3 aromatic rings. The van der Waals surface area contributed by atoms with E-state index in [0.29, 0.717) is 5.01 Å². The van der Waals surface area contributed by atoms with Gasteiger partial charge in [-0.15, -0.1) is 11.3 Å². The first kappa shape index (κ1) is 17.7. The first-order valence-corrected chi connectivity index (χ1v) is 8.42. The van der Waals surface area contributed by atoms with Gasteiger partial charge in [0, 0.05) is 16.3 Å². The summed E-state index contributed by atoms with van der Waals surface area (Å²) in [5.41, 5.74) is -0.122. The average molecular weight is 374 g/mol. The van der Waals surface area contributed by atoms with Gasteiger partial charge < -0.3 is 10.3 Å². The number of halogens is 2. The third-order valence-electron chi connectivity index (χ3n) is 3.73. The fourth-order valence-electron chi connectivity index (χ4n) is 2.46. The van der Waals surface area contributed by atoms with Gasteiger partial charge in [-0.2, -0.15) is 5.26 Å². The van der Waals surface area contributed by atoms with Gasteiger partial charge in [0.15, 0.2) is 17.3 Å². The molecule has 0 aliphatic rings. The van der Waals surface area contributed by atoms with E-state index in [1.54, 1.807) is 12.3 Å². The smallest absolute Gasteiger partial charge is 0.252 e. The largest absolute Gasteiger partial charge is 0.347 e. The zero-order chi connectivity index (χ0) is 18.8. The number of H-pyrrole nitrogens is 1. The van der Waals surface area contributed by atoms with Crippen molar-refractivity contribution in [2.24, 2.45) is 0 Å². The molecule has 0 unspecified atom stereocenters. The summed E-state index contributed by atoms with van der Waals surface area (Å²) in [4.78, 5) is 30.7. The molecule has 132 valence electrons. The molecule has 0 aliphatic heterocycles. The van der Waals surface area contributed by atoms with Crippen LogP contribution in [0.3, 0.4) is 0 Å². The Hall–Kier alpha value is -3.12. The highest BCUT2D eigenvalue weighted by atomic mass is 32.1. The molecule has 0 spiro atoms. The van der Waals surface area contributed by atoms with Crippen LogP contribution < -0.4 is 10.9 Å². The van der Waals surface area contributed by atoms with Gasteiger partial charge in [0.1, 0.15) is 11.1 Å². The second-order valence-corrected chi connectivity index (χ2v) is 6.48. The van der Waals surface area contributed by atoms with E-state index in [4.69, 9.17) is 5.26 Å². The Morgan fingerprint density at radius 2 is 2.23 bits per heavy atom. The summed E-state index contributed by atoms with van der Waals surface area (Å²) in [6, 6.07) is 4.81. The quantitative estimate of drug-likeness (QED) is 0.733. The second-order valence-electron chi connectivity index (χ2n) is 5.60. The van der Waals surface area contributed by atoms with Gasteiger partial charge in [-0.25, -0.2) is 13.8 Å². The summed E-state index contributed by atoms with van der Waals surface area (Å²) >= 11 is 1.23. The Morgan fingerprint density at radius 3 is 2.92 bits per heavy atom. The zero-order valence-corrected chi connectivity index (χ0v) is 14.3. The van der Waals surface area contributed by atoms with Gasteiger partial charge in [-0.3, -0.25) is 9.59 Å². The number of hydrogen-bond donors (Lipinski definition) is 2. The molecule has 9 heteroatoms. The molecule has 0 fully saturated rings. The van der Waals surface area contributed by atoms with Gasteiger partial charge in [0.2, 0.25) is 5.91 Å². The molecule has 0 saturated carbocycles. The molecular weight excluding hydrogens is 362 g/mol. The fourth-order valence-corrected chi connectivity index (χ4v) is 3.21. The Labute approximate surface area is 150 Å². The van der Waals surface area contributed by atoms with Crippen molar-refractivity contribution < 1.29 is 13.6 Å². The van der Waals surface area contributed by atoms with Crippen LogP contribution in [0.25, 0.3) is 10.9 Å². The number of fused-ring (bicyclic) bond motifs is 1. The van der Waals surface area contributed by atoms with E-state index in [2.05, 4.69) is 15.3 Å². The Morgan fingerprint density at radius 1 is 1.46 bits per heavy atom. The number of aromatic amines is 1. The minimum absolute atomic E-state index is 0.0172. The number of carbonyl (C=O) groups excluding carboxylic acids is 1. The highest BCUT2D eigenvalue weighted by Gasteiger charge is 2.16. The molecule has 26 heavy (non-hydrogen) atoms. The van der Waals surface area contributed by atoms with Crippen LogP contribution in [0.15, 0.2) is 28.4 Å². The van der Waals surface area contributed by atoms with Gasteiger partial charge in [-0.05, 0) is 25.1 Å². The minimum atomic E-state index is -1.08. The first-order valence-electron chi connectivity index (χ1n) is 7.54. The van der Waals surface area contributed by atoms with Crippen LogP contribution in [0.4, 0.5) is 8.78 Å². The van der Waals surface area contributed by atoms with Crippen molar-refractivity contribution in [1.82, 2.24) is 15.3 Å². The van der Waals surface area contributed by atoms with E-state index >= 15 is 0 Å². The van der Waals surface area contributed by atoms with E-state index < -0.39 is 29.1 Å². The Balaban J connectivity index is 1.80. The number of nitriles is 1. The fraction of sp³-hybridized carbons (Fsp3) is 0.176. The monoisotopic (exact) mass is 374 g/mol. The van der Waals surface area contributed by atoms with Crippen LogP contribution in [-0.2, 0) is 11.2 Å². The standard InChI is InChI=1S/C17H12F2N4O2S/c1-8(17-22-10(6-20)7-26-17)21-14(24)5-9-4-11-13(23-16(9)25)3-2-12(18)15(11)19/h2-4,7-8H,5H2,1H3,(H,21,24)(H,23,25)/t8-/m1/s1. The maximum Gasteiger partial charge on any atom is 0.252 e. The third kappa shape index (κ3) is 3.45. The molecule has 0 radical (unpaired) electrons. The number of nitrogens with one attached hydrogen (secondary N) is 2. The van der Waals surface area contributed by atoms with Crippen molar-refractivity contribution in [3.63, 3.8) is 0 Å². The first-order chi connectivity index (χ1) is 12.4. The second kappa shape index (κ2) is 7.01. The van der Waals surface area contributed by atoms with E-state index in [9.17, 15) is 18.4 Å². The normalized spacial score (nSPS) is 11.9. The molecule has 0 saturated heterocycles. The maximum absolute atomic E-state index is 13.9.